The molecule has 1 amide bonds. The van der Waals surface area contributed by atoms with Gasteiger partial charge in [0.25, 0.3) is 11.8 Å². The number of anilines is 1. The van der Waals surface area contributed by atoms with Crippen LogP contribution in [-0.4, -0.2) is 37.5 Å². The smallest absolute Gasteiger partial charge is 0.388 e. The zero-order valence-corrected chi connectivity index (χ0v) is 26.4. The van der Waals surface area contributed by atoms with E-state index >= 15 is 0 Å². The van der Waals surface area contributed by atoms with Crippen molar-refractivity contribution in [2.75, 3.05) is 11.9 Å². The maximum atomic E-state index is 14.2. The number of carbonyl (C=O) groups is 1. The van der Waals surface area contributed by atoms with Crippen molar-refractivity contribution in [3.8, 4) is 21.9 Å². The molecule has 6 aromatic rings. The number of H-pyrrole nitrogens is 1. The predicted octanol–water partition coefficient (Wildman–Crippen LogP) is 7.16. The molecule has 6 heterocycles. The molecule has 0 radical (unpaired) electrons. The van der Waals surface area contributed by atoms with Crippen molar-refractivity contribution in [3.63, 3.8) is 0 Å². The van der Waals surface area contributed by atoms with E-state index in [0.29, 0.717) is 47.6 Å². The van der Waals surface area contributed by atoms with Crippen molar-refractivity contribution in [3.05, 3.63) is 117 Å². The Bertz CT molecular complexity index is 2310. The third kappa shape index (κ3) is 4.73. The molecule has 2 N–H and O–H groups in total. The summed E-state index contributed by atoms with van der Waals surface area (Å²) >= 11 is 1.48. The Balaban J connectivity index is 1.21. The number of aromatic nitrogens is 4. The highest BCUT2D eigenvalue weighted by Crippen LogP contribution is 2.50. The number of fused-ring (bicyclic) bond motifs is 5. The van der Waals surface area contributed by atoms with Crippen LogP contribution in [0.25, 0.3) is 32.0 Å². The summed E-state index contributed by atoms with van der Waals surface area (Å²) in [5.41, 5.74) is 5.96. The highest BCUT2D eigenvalue weighted by Gasteiger charge is 2.45. The average molecular weight is 663 g/mol. The molecule has 3 aliphatic rings. The molecule has 9 rings (SSSR count). The second-order valence-corrected chi connectivity index (χ2v) is 13.6. The predicted molar refractivity (Wildman–Crippen MR) is 177 cm³/mol. The molecule has 0 spiro atoms. The van der Waals surface area contributed by atoms with E-state index in [2.05, 4.69) is 15.5 Å². The van der Waals surface area contributed by atoms with Gasteiger partial charge in [-0.05, 0) is 97.0 Å². The molecule has 1 aliphatic carbocycles. The van der Waals surface area contributed by atoms with E-state index in [4.69, 9.17) is 14.4 Å². The Kier molecular flexibility index (Phi) is 6.75. The molecular weight excluding hydrogens is 634 g/mol. The van der Waals surface area contributed by atoms with E-state index in [-0.39, 0.29) is 35.5 Å². The standard InChI is InChI=1S/C36H28F2N6O3S/c37-21-8-3-18(4-9-21)5-11-25-28(34-42-43-36(46)47-34)29(30-31(40-25)26-2-1-15-44(26)35(30)45)27-16-20-13-14-39-33(32(20)48-27)41-24-12-7-19-6-10-22(38)17-23(19)24/h3-4,6,8-10,13-14,16-17,24,26H,1-2,5,7,11-12,15H2,(H,39,41)(H,43,46)/t24-,26+/m0/s1. The van der Waals surface area contributed by atoms with Gasteiger partial charge in [0.05, 0.1) is 39.3 Å². The second-order valence-electron chi connectivity index (χ2n) is 12.5. The Labute approximate surface area is 276 Å². The van der Waals surface area contributed by atoms with Gasteiger partial charge >= 0.3 is 5.76 Å². The Morgan fingerprint density at radius 1 is 0.979 bits per heavy atom. The number of thiophene rings is 1. The molecule has 0 bridgehead atoms. The molecule has 0 saturated carbocycles. The number of nitrogens with one attached hydrogen (secondary N) is 2. The Hall–Kier alpha value is -5.23. The molecule has 2 aliphatic heterocycles. The Morgan fingerprint density at radius 3 is 2.67 bits per heavy atom. The van der Waals surface area contributed by atoms with Crippen LogP contribution in [-0.2, 0) is 19.3 Å². The number of halogens is 2. The van der Waals surface area contributed by atoms with E-state index in [1.165, 1.54) is 29.5 Å². The van der Waals surface area contributed by atoms with Gasteiger partial charge < -0.3 is 14.6 Å². The first-order valence-electron chi connectivity index (χ1n) is 16.0. The molecule has 4 aromatic heterocycles. The van der Waals surface area contributed by atoms with E-state index < -0.39 is 5.76 Å². The van der Waals surface area contributed by atoms with Crippen LogP contribution in [0.2, 0.25) is 0 Å². The van der Waals surface area contributed by atoms with Crippen molar-refractivity contribution in [2.24, 2.45) is 0 Å². The molecule has 48 heavy (non-hydrogen) atoms. The van der Waals surface area contributed by atoms with Crippen LogP contribution in [0.3, 0.4) is 0 Å². The van der Waals surface area contributed by atoms with E-state index in [9.17, 15) is 18.4 Å². The van der Waals surface area contributed by atoms with Crippen LogP contribution in [0.4, 0.5) is 14.6 Å². The molecule has 240 valence electrons. The number of nitrogens with zero attached hydrogens (tertiary/aromatic N) is 4. The van der Waals surface area contributed by atoms with E-state index in [1.807, 2.05) is 23.1 Å². The van der Waals surface area contributed by atoms with Crippen LogP contribution < -0.4 is 11.1 Å². The minimum Gasteiger partial charge on any atom is -0.388 e. The van der Waals surface area contributed by atoms with Gasteiger partial charge in [0.15, 0.2) is 0 Å². The number of hydrogen-bond donors (Lipinski definition) is 2. The van der Waals surface area contributed by atoms with Gasteiger partial charge in [-0.1, -0.05) is 18.2 Å². The monoisotopic (exact) mass is 662 g/mol. The lowest BCUT2D eigenvalue weighted by atomic mass is 9.93. The first kappa shape index (κ1) is 29.0. The lowest BCUT2D eigenvalue weighted by Gasteiger charge is -2.16. The van der Waals surface area contributed by atoms with Gasteiger partial charge in [-0.25, -0.2) is 23.7 Å². The summed E-state index contributed by atoms with van der Waals surface area (Å²) in [6.45, 7) is 0.644. The fraction of sp³-hybridized carbons (Fsp3) is 0.250. The van der Waals surface area contributed by atoms with Crippen molar-refractivity contribution < 1.29 is 18.0 Å². The first-order chi connectivity index (χ1) is 23.4. The van der Waals surface area contributed by atoms with Crippen molar-refractivity contribution in [1.82, 2.24) is 25.1 Å². The minimum atomic E-state index is -0.715. The number of pyridine rings is 2. The summed E-state index contributed by atoms with van der Waals surface area (Å²) < 4.78 is 34.3. The molecule has 0 unspecified atom stereocenters. The fourth-order valence-electron chi connectivity index (χ4n) is 7.54. The number of carbonyl (C=O) groups excluding carboxylic acids is 1. The summed E-state index contributed by atoms with van der Waals surface area (Å²) in [7, 11) is 0. The van der Waals surface area contributed by atoms with Gasteiger partial charge in [0.2, 0.25) is 0 Å². The topological polar surface area (TPSA) is 117 Å². The number of rotatable bonds is 7. The summed E-state index contributed by atoms with van der Waals surface area (Å²) in [5.74, 6) is -0.666. The maximum absolute atomic E-state index is 14.2. The second kappa shape index (κ2) is 11.2. The molecule has 1 fully saturated rings. The van der Waals surface area contributed by atoms with Crippen LogP contribution in [0.15, 0.2) is 70.0 Å². The summed E-state index contributed by atoms with van der Waals surface area (Å²) in [6, 6.07) is 15.0. The maximum Gasteiger partial charge on any atom is 0.434 e. The zero-order valence-electron chi connectivity index (χ0n) is 25.6. The molecule has 9 nitrogen and oxygen atoms in total. The minimum absolute atomic E-state index is 0.0535. The summed E-state index contributed by atoms with van der Waals surface area (Å²) in [4.78, 5) is 38.9. The number of benzene rings is 2. The lowest BCUT2D eigenvalue weighted by molar-refractivity contribution is 0.0776. The van der Waals surface area contributed by atoms with Crippen molar-refractivity contribution in [1.29, 1.82) is 0 Å². The zero-order chi connectivity index (χ0) is 32.5. The number of hydrogen-bond acceptors (Lipinski definition) is 8. The molecule has 1 saturated heterocycles. The Morgan fingerprint density at radius 2 is 1.83 bits per heavy atom. The number of aromatic amines is 1. The van der Waals surface area contributed by atoms with Gasteiger partial charge in [-0.15, -0.1) is 16.4 Å². The number of aryl methyl sites for hydroxylation is 3. The summed E-state index contributed by atoms with van der Waals surface area (Å²) in [6.07, 6.45) is 6.10. The van der Waals surface area contributed by atoms with E-state index in [0.717, 1.165) is 63.0 Å². The fourth-order valence-corrected chi connectivity index (χ4v) is 8.70. The molecule has 2 aromatic carbocycles. The van der Waals surface area contributed by atoms with Crippen LogP contribution in [0.1, 0.15) is 69.8 Å². The highest BCUT2D eigenvalue weighted by molar-refractivity contribution is 7.23. The lowest BCUT2D eigenvalue weighted by Crippen LogP contribution is -2.22. The van der Waals surface area contributed by atoms with Crippen LogP contribution in [0.5, 0.6) is 0 Å². The first-order valence-corrected chi connectivity index (χ1v) is 16.8. The van der Waals surface area contributed by atoms with Gasteiger partial charge in [0, 0.05) is 23.2 Å². The quantitative estimate of drug-likeness (QED) is 0.186. The van der Waals surface area contributed by atoms with Gasteiger partial charge in [-0.3, -0.25) is 9.78 Å². The normalized spacial score (nSPS) is 18.0. The molecular formula is C36H28F2N6O3S. The third-order valence-corrected chi connectivity index (χ3v) is 10.9. The SMILES string of the molecule is O=C1c2c(nc(CCc3ccc(F)cc3)c(-c3n[nH]c(=O)o3)c2-c2cc3ccnc(N[C@H]4CCc5ccc(F)cc54)c3s2)[C@H]2CCCN12. The largest absolute Gasteiger partial charge is 0.434 e. The van der Waals surface area contributed by atoms with Crippen molar-refractivity contribution >= 4 is 33.1 Å². The third-order valence-electron chi connectivity index (χ3n) is 9.74. The van der Waals surface area contributed by atoms with Crippen molar-refractivity contribution in [2.45, 2.75) is 50.6 Å². The van der Waals surface area contributed by atoms with Gasteiger partial charge in [-0.2, -0.15) is 0 Å². The van der Waals surface area contributed by atoms with Gasteiger partial charge in [0.1, 0.15) is 17.5 Å². The summed E-state index contributed by atoms with van der Waals surface area (Å²) in [5, 5.41) is 11.1. The highest BCUT2D eigenvalue weighted by atomic mass is 32.1. The van der Waals surface area contributed by atoms with E-state index in [1.54, 1.807) is 24.4 Å². The average Bonchev–Trinajstić information content (AvgIpc) is 3.92. The van der Waals surface area contributed by atoms with Crippen LogP contribution in [0, 0.1) is 11.6 Å². The van der Waals surface area contributed by atoms with Crippen LogP contribution >= 0.6 is 11.3 Å². The molecule has 2 atom stereocenters. The number of amides is 1. The molecule has 12 heteroatoms.